The van der Waals surface area contributed by atoms with Crippen LogP contribution in [0.25, 0.3) is 0 Å². The van der Waals surface area contributed by atoms with Crippen LogP contribution in [0.2, 0.25) is 0 Å². The van der Waals surface area contributed by atoms with Crippen LogP contribution in [-0.2, 0) is 31.3 Å². The molecule has 2 heterocycles. The maximum absolute atomic E-state index is 12.6. The van der Waals surface area contributed by atoms with Crippen LogP contribution in [-0.4, -0.2) is 52.4 Å². The fourth-order valence-corrected chi connectivity index (χ4v) is 4.92. The van der Waals surface area contributed by atoms with Gasteiger partial charge in [0.2, 0.25) is 20.0 Å². The monoisotopic (exact) mass is 397 g/mol. The topological polar surface area (TPSA) is 106 Å². The summed E-state index contributed by atoms with van der Waals surface area (Å²) >= 11 is 0. The highest BCUT2D eigenvalue weighted by Gasteiger charge is 2.26. The van der Waals surface area contributed by atoms with Gasteiger partial charge in [-0.3, -0.25) is 4.98 Å². The fourth-order valence-electron chi connectivity index (χ4n) is 2.49. The first-order valence-electron chi connectivity index (χ1n) is 7.96. The Balaban J connectivity index is 1.74. The Morgan fingerprint density at radius 3 is 2.27 bits per heavy atom. The number of nitrogens with one attached hydrogen (secondary N) is 1. The number of aromatic nitrogens is 1. The second kappa shape index (κ2) is 7.80. The van der Waals surface area contributed by atoms with E-state index >= 15 is 0 Å². The highest BCUT2D eigenvalue weighted by atomic mass is 32.2. The lowest BCUT2D eigenvalue weighted by Gasteiger charge is -2.26. The average molecular weight is 397 g/mol. The molecule has 2 aromatic rings. The van der Waals surface area contributed by atoms with Crippen molar-refractivity contribution in [2.75, 3.05) is 26.3 Å². The van der Waals surface area contributed by atoms with E-state index in [1.165, 1.54) is 28.6 Å². The number of ether oxygens (including phenoxy) is 1. The summed E-state index contributed by atoms with van der Waals surface area (Å²) in [5, 5.41) is 0. The number of nitrogens with zero attached hydrogens (tertiary/aromatic N) is 2. The van der Waals surface area contributed by atoms with Gasteiger partial charge in [-0.15, -0.1) is 0 Å². The normalized spacial score (nSPS) is 16.5. The van der Waals surface area contributed by atoms with Crippen LogP contribution in [0.4, 0.5) is 0 Å². The summed E-state index contributed by atoms with van der Waals surface area (Å²) in [6, 6.07) is 8.67. The maximum atomic E-state index is 12.6. The van der Waals surface area contributed by atoms with E-state index in [9.17, 15) is 16.8 Å². The minimum atomic E-state index is -3.75. The minimum Gasteiger partial charge on any atom is -0.379 e. The predicted molar refractivity (Wildman–Crippen MR) is 94.3 cm³/mol. The Labute approximate surface area is 152 Å². The molecular weight excluding hydrogens is 378 g/mol. The number of hydrogen-bond donors (Lipinski definition) is 1. The van der Waals surface area contributed by atoms with Crippen molar-refractivity contribution in [2.45, 2.75) is 16.3 Å². The second-order valence-electron chi connectivity index (χ2n) is 5.67. The van der Waals surface area contributed by atoms with Crippen LogP contribution in [0.1, 0.15) is 5.56 Å². The first-order chi connectivity index (χ1) is 12.4. The molecule has 0 amide bonds. The van der Waals surface area contributed by atoms with E-state index in [1.807, 2.05) is 0 Å². The number of hydrogen-bond acceptors (Lipinski definition) is 6. The minimum absolute atomic E-state index is 0.00215. The molecule has 0 saturated carbocycles. The van der Waals surface area contributed by atoms with E-state index in [0.29, 0.717) is 13.2 Å². The second-order valence-corrected chi connectivity index (χ2v) is 9.38. The van der Waals surface area contributed by atoms with Crippen LogP contribution < -0.4 is 4.72 Å². The Morgan fingerprint density at radius 1 is 1.00 bits per heavy atom. The van der Waals surface area contributed by atoms with Crippen molar-refractivity contribution < 1.29 is 21.6 Å². The highest BCUT2D eigenvalue weighted by molar-refractivity contribution is 7.89. The fraction of sp³-hybridized carbons (Fsp3) is 0.312. The average Bonchev–Trinajstić information content (AvgIpc) is 2.68. The van der Waals surface area contributed by atoms with Crippen molar-refractivity contribution in [1.82, 2.24) is 14.0 Å². The van der Waals surface area contributed by atoms with Crippen molar-refractivity contribution in [3.63, 3.8) is 0 Å². The van der Waals surface area contributed by atoms with Crippen molar-refractivity contribution in [3.8, 4) is 0 Å². The summed E-state index contributed by atoms with van der Waals surface area (Å²) in [4.78, 5) is 3.99. The van der Waals surface area contributed by atoms with Gasteiger partial charge in [-0.1, -0.05) is 6.07 Å². The van der Waals surface area contributed by atoms with E-state index in [1.54, 1.807) is 24.5 Å². The van der Waals surface area contributed by atoms with E-state index < -0.39 is 20.0 Å². The molecule has 1 aromatic carbocycles. The summed E-state index contributed by atoms with van der Waals surface area (Å²) in [5.41, 5.74) is 0.725. The largest absolute Gasteiger partial charge is 0.379 e. The molecule has 0 bridgehead atoms. The van der Waals surface area contributed by atoms with Crippen LogP contribution in [0, 0.1) is 0 Å². The zero-order chi connectivity index (χ0) is 18.6. The van der Waals surface area contributed by atoms with Crippen LogP contribution in [0.3, 0.4) is 0 Å². The molecule has 140 valence electrons. The third-order valence-electron chi connectivity index (χ3n) is 3.93. The number of benzene rings is 1. The molecule has 0 aliphatic carbocycles. The third kappa shape index (κ3) is 4.27. The Morgan fingerprint density at radius 2 is 1.65 bits per heavy atom. The zero-order valence-corrected chi connectivity index (χ0v) is 15.5. The molecule has 3 rings (SSSR count). The highest BCUT2D eigenvalue weighted by Crippen LogP contribution is 2.19. The molecule has 1 aromatic heterocycles. The van der Waals surface area contributed by atoms with Crippen LogP contribution in [0.5, 0.6) is 0 Å². The van der Waals surface area contributed by atoms with Crippen molar-refractivity contribution in [1.29, 1.82) is 0 Å². The number of morpholine rings is 1. The Hall–Kier alpha value is -1.85. The number of sulfonamides is 2. The third-order valence-corrected chi connectivity index (χ3v) is 7.26. The van der Waals surface area contributed by atoms with E-state index in [4.69, 9.17) is 4.74 Å². The van der Waals surface area contributed by atoms with Crippen molar-refractivity contribution >= 4 is 20.0 Å². The molecule has 1 aliphatic rings. The van der Waals surface area contributed by atoms with Gasteiger partial charge in [-0.25, -0.2) is 21.6 Å². The molecule has 0 unspecified atom stereocenters. The molecule has 8 nitrogen and oxygen atoms in total. The van der Waals surface area contributed by atoms with E-state index in [2.05, 4.69) is 9.71 Å². The van der Waals surface area contributed by atoms with Gasteiger partial charge >= 0.3 is 0 Å². The molecule has 0 atom stereocenters. The van der Waals surface area contributed by atoms with Gasteiger partial charge in [0, 0.05) is 32.0 Å². The Kier molecular flexibility index (Phi) is 5.68. The van der Waals surface area contributed by atoms with E-state index in [-0.39, 0.29) is 29.4 Å². The molecule has 0 spiro atoms. The molecule has 26 heavy (non-hydrogen) atoms. The zero-order valence-electron chi connectivity index (χ0n) is 13.9. The summed E-state index contributed by atoms with van der Waals surface area (Å²) in [6.45, 7) is 1.38. The van der Waals surface area contributed by atoms with Gasteiger partial charge in [0.1, 0.15) is 0 Å². The van der Waals surface area contributed by atoms with E-state index in [0.717, 1.165) is 5.56 Å². The van der Waals surface area contributed by atoms with Gasteiger partial charge < -0.3 is 4.74 Å². The molecule has 1 aliphatic heterocycles. The van der Waals surface area contributed by atoms with Crippen molar-refractivity contribution in [3.05, 3.63) is 54.4 Å². The summed E-state index contributed by atoms with van der Waals surface area (Å²) in [7, 11) is -7.40. The lowest BCUT2D eigenvalue weighted by atomic mass is 10.3. The Bertz CT molecular complexity index is 939. The lowest BCUT2D eigenvalue weighted by molar-refractivity contribution is 0.0730. The van der Waals surface area contributed by atoms with Gasteiger partial charge in [0.05, 0.1) is 23.0 Å². The first kappa shape index (κ1) is 18.9. The lowest BCUT2D eigenvalue weighted by Crippen LogP contribution is -2.40. The summed E-state index contributed by atoms with van der Waals surface area (Å²) in [6.07, 6.45) is 3.17. The number of pyridine rings is 1. The smallest absolute Gasteiger partial charge is 0.243 e. The summed E-state index contributed by atoms with van der Waals surface area (Å²) in [5.74, 6) is 0. The summed E-state index contributed by atoms with van der Waals surface area (Å²) < 4.78 is 58.8. The molecular formula is C16H19N3O5S2. The van der Waals surface area contributed by atoms with Gasteiger partial charge in [-0.2, -0.15) is 4.31 Å². The van der Waals surface area contributed by atoms with Gasteiger partial charge in [0.25, 0.3) is 0 Å². The molecule has 10 heteroatoms. The van der Waals surface area contributed by atoms with Gasteiger partial charge in [-0.05, 0) is 35.9 Å². The quantitative estimate of drug-likeness (QED) is 0.764. The first-order valence-corrected chi connectivity index (χ1v) is 10.9. The molecule has 0 radical (unpaired) electrons. The standard InChI is InChI=1S/C16H19N3O5S2/c20-25(21,18-13-14-2-1-7-17-12-14)15-3-5-16(6-4-15)26(22,23)19-8-10-24-11-9-19/h1-7,12,18H,8-11,13H2. The molecule has 1 fully saturated rings. The maximum Gasteiger partial charge on any atom is 0.243 e. The van der Waals surface area contributed by atoms with Crippen molar-refractivity contribution in [2.24, 2.45) is 0 Å². The van der Waals surface area contributed by atoms with Gasteiger partial charge in [0.15, 0.2) is 0 Å². The molecule has 1 N–H and O–H groups in total. The predicted octanol–water partition coefficient (Wildman–Crippen LogP) is 0.581. The SMILES string of the molecule is O=S(=O)(NCc1cccnc1)c1ccc(S(=O)(=O)N2CCOCC2)cc1. The number of rotatable bonds is 6. The van der Waals surface area contributed by atoms with Crippen LogP contribution >= 0.6 is 0 Å². The molecule has 1 saturated heterocycles. The van der Waals surface area contributed by atoms with Crippen LogP contribution in [0.15, 0.2) is 58.6 Å².